The van der Waals surface area contributed by atoms with Gasteiger partial charge >= 0.3 is 6.09 Å². The van der Waals surface area contributed by atoms with Crippen molar-refractivity contribution in [3.63, 3.8) is 0 Å². The largest absolute Gasteiger partial charge is 0.497 e. The smallest absolute Gasteiger partial charge is 0.410 e. The molecule has 1 aromatic rings. The third-order valence-electron chi connectivity index (χ3n) is 3.65. The number of hydrogen-bond acceptors (Lipinski definition) is 6. The lowest BCUT2D eigenvalue weighted by Crippen LogP contribution is -2.40. The van der Waals surface area contributed by atoms with Gasteiger partial charge in [-0.15, -0.1) is 0 Å². The number of carbonyl (C=O) groups is 2. The molecule has 1 amide bonds. The molecular weight excluding hydrogens is 288 g/mol. The second kappa shape index (κ2) is 7.65. The Hall–Kier alpha value is -2.28. The molecule has 1 saturated heterocycles. The molecule has 2 rings (SSSR count). The Balaban J connectivity index is 1.88. The minimum atomic E-state index is -0.455. The fraction of sp³-hybridized carbons (Fsp3) is 0.467. The first-order valence-corrected chi connectivity index (χ1v) is 7.03. The molecule has 1 aliphatic rings. The molecule has 120 valence electrons. The van der Waals surface area contributed by atoms with Crippen molar-refractivity contribution < 1.29 is 23.8 Å². The van der Waals surface area contributed by atoms with Crippen molar-refractivity contribution in [2.75, 3.05) is 20.2 Å². The van der Waals surface area contributed by atoms with Crippen LogP contribution >= 0.6 is 0 Å². The van der Waals surface area contributed by atoms with Crippen LogP contribution in [0.25, 0.3) is 0 Å². The zero-order chi connectivity index (χ0) is 15.9. The van der Waals surface area contributed by atoms with Gasteiger partial charge in [0.1, 0.15) is 18.5 Å². The monoisotopic (exact) mass is 308 g/mol. The zero-order valence-corrected chi connectivity index (χ0v) is 12.4. The van der Waals surface area contributed by atoms with Crippen LogP contribution in [-0.4, -0.2) is 49.8 Å². The molecule has 0 aromatic heterocycles. The lowest BCUT2D eigenvalue weighted by molar-refractivity contribution is -0.132. The molecule has 2 atom stereocenters. The van der Waals surface area contributed by atoms with E-state index in [2.05, 4.69) is 0 Å². The first kappa shape index (κ1) is 16.1. The number of nitrogens with two attached hydrogens (primary N) is 1. The maximum atomic E-state index is 12.1. The Bertz CT molecular complexity index is 505. The van der Waals surface area contributed by atoms with Gasteiger partial charge in [-0.3, -0.25) is 4.79 Å². The highest BCUT2D eigenvalue weighted by Gasteiger charge is 2.36. The molecule has 7 nitrogen and oxygen atoms in total. The van der Waals surface area contributed by atoms with E-state index >= 15 is 0 Å². The third kappa shape index (κ3) is 3.88. The van der Waals surface area contributed by atoms with E-state index in [1.54, 1.807) is 19.2 Å². The molecule has 0 saturated carbocycles. The summed E-state index contributed by atoms with van der Waals surface area (Å²) >= 11 is 0. The number of hydrogen-bond donors (Lipinski definition) is 1. The van der Waals surface area contributed by atoms with E-state index in [9.17, 15) is 9.59 Å². The highest BCUT2D eigenvalue weighted by Crippen LogP contribution is 2.21. The van der Waals surface area contributed by atoms with E-state index in [-0.39, 0.29) is 18.8 Å². The fourth-order valence-electron chi connectivity index (χ4n) is 2.45. The molecule has 0 radical (unpaired) electrons. The van der Waals surface area contributed by atoms with Gasteiger partial charge < -0.3 is 24.8 Å². The number of rotatable bonds is 6. The highest BCUT2D eigenvalue weighted by atomic mass is 16.6. The predicted octanol–water partition coefficient (Wildman–Crippen LogP) is 0.906. The van der Waals surface area contributed by atoms with E-state index in [0.717, 1.165) is 11.3 Å². The van der Waals surface area contributed by atoms with E-state index in [1.165, 1.54) is 4.90 Å². The second-order valence-corrected chi connectivity index (χ2v) is 5.03. The van der Waals surface area contributed by atoms with Gasteiger partial charge in [0.2, 0.25) is 0 Å². The van der Waals surface area contributed by atoms with Crippen molar-refractivity contribution in [3.05, 3.63) is 29.8 Å². The normalized spacial score (nSPS) is 20.5. The van der Waals surface area contributed by atoms with Crippen LogP contribution in [0.2, 0.25) is 0 Å². The van der Waals surface area contributed by atoms with Gasteiger partial charge in [0.25, 0.3) is 6.47 Å². The Morgan fingerprint density at radius 2 is 2.14 bits per heavy atom. The van der Waals surface area contributed by atoms with Crippen LogP contribution in [0.1, 0.15) is 12.0 Å². The molecule has 0 unspecified atom stereocenters. The number of nitrogens with zero attached hydrogens (tertiary/aromatic N) is 1. The Morgan fingerprint density at radius 3 is 2.73 bits per heavy atom. The predicted molar refractivity (Wildman–Crippen MR) is 78.3 cm³/mol. The number of carbonyl (C=O) groups excluding carboxylic acids is 2. The van der Waals surface area contributed by atoms with Gasteiger partial charge in [0.15, 0.2) is 0 Å². The molecule has 0 spiro atoms. The van der Waals surface area contributed by atoms with E-state index in [0.29, 0.717) is 26.0 Å². The summed E-state index contributed by atoms with van der Waals surface area (Å²) in [5.74, 6) is 0.742. The summed E-state index contributed by atoms with van der Waals surface area (Å²) in [5, 5.41) is 0. The summed E-state index contributed by atoms with van der Waals surface area (Å²) in [6.45, 7) is 1.17. The molecule has 1 aromatic carbocycles. The fourth-order valence-corrected chi connectivity index (χ4v) is 2.45. The van der Waals surface area contributed by atoms with Crippen LogP contribution in [-0.2, 0) is 20.9 Å². The molecule has 0 aliphatic carbocycles. The first-order valence-electron chi connectivity index (χ1n) is 7.03. The number of benzene rings is 1. The third-order valence-corrected chi connectivity index (χ3v) is 3.65. The summed E-state index contributed by atoms with van der Waals surface area (Å²) in [4.78, 5) is 24.0. The first-order chi connectivity index (χ1) is 10.7. The Labute approximate surface area is 128 Å². The van der Waals surface area contributed by atoms with Crippen molar-refractivity contribution in [1.29, 1.82) is 0 Å². The van der Waals surface area contributed by atoms with E-state index in [4.69, 9.17) is 19.9 Å². The van der Waals surface area contributed by atoms with E-state index in [1.807, 2.05) is 12.1 Å². The summed E-state index contributed by atoms with van der Waals surface area (Å²) in [6, 6.07) is 7.09. The molecule has 22 heavy (non-hydrogen) atoms. The summed E-state index contributed by atoms with van der Waals surface area (Å²) < 4.78 is 15.3. The molecule has 2 N–H and O–H groups in total. The number of ether oxygens (including phenoxy) is 3. The van der Waals surface area contributed by atoms with Crippen molar-refractivity contribution in [2.45, 2.75) is 25.2 Å². The van der Waals surface area contributed by atoms with Crippen LogP contribution < -0.4 is 10.5 Å². The standard InChI is InChI=1S/C15H20N2O5/c1-20-13-4-2-11(3-5-13)9-21-15(19)17-8-14(22-10-18)6-12(17)7-16/h2-5,10,12,14H,6-9,16H2,1H3/t12-,14+/m0/s1. The van der Waals surface area contributed by atoms with Crippen LogP contribution in [0, 0.1) is 0 Å². The summed E-state index contributed by atoms with van der Waals surface area (Å²) in [5.41, 5.74) is 6.51. The minimum Gasteiger partial charge on any atom is -0.497 e. The molecular formula is C15H20N2O5. The number of methoxy groups -OCH3 is 1. The topological polar surface area (TPSA) is 91.1 Å². The van der Waals surface area contributed by atoms with Gasteiger partial charge in [-0.1, -0.05) is 12.1 Å². The maximum Gasteiger partial charge on any atom is 0.410 e. The van der Waals surface area contributed by atoms with Crippen molar-refractivity contribution in [3.8, 4) is 5.75 Å². The van der Waals surface area contributed by atoms with Crippen LogP contribution in [0.4, 0.5) is 4.79 Å². The molecule has 1 aliphatic heterocycles. The lowest BCUT2D eigenvalue weighted by Gasteiger charge is -2.22. The SMILES string of the molecule is COc1ccc(COC(=O)N2C[C@H](OC=O)C[C@H]2CN)cc1. The molecule has 7 heteroatoms. The van der Waals surface area contributed by atoms with Gasteiger partial charge in [-0.2, -0.15) is 0 Å². The zero-order valence-electron chi connectivity index (χ0n) is 12.4. The second-order valence-electron chi connectivity index (χ2n) is 5.03. The Kier molecular flexibility index (Phi) is 5.60. The minimum absolute atomic E-state index is 0.163. The quantitative estimate of drug-likeness (QED) is 0.785. The number of likely N-dealkylation sites (tertiary alicyclic amines) is 1. The summed E-state index contributed by atoms with van der Waals surface area (Å²) in [7, 11) is 1.59. The highest BCUT2D eigenvalue weighted by molar-refractivity contribution is 5.68. The molecule has 0 bridgehead atoms. The number of amides is 1. The van der Waals surface area contributed by atoms with Gasteiger partial charge in [-0.25, -0.2) is 4.79 Å². The average Bonchev–Trinajstić information content (AvgIpc) is 2.96. The van der Waals surface area contributed by atoms with Crippen molar-refractivity contribution >= 4 is 12.6 Å². The van der Waals surface area contributed by atoms with Gasteiger partial charge in [-0.05, 0) is 17.7 Å². The van der Waals surface area contributed by atoms with Gasteiger partial charge in [0.05, 0.1) is 19.7 Å². The van der Waals surface area contributed by atoms with Gasteiger partial charge in [0, 0.05) is 13.0 Å². The van der Waals surface area contributed by atoms with E-state index < -0.39 is 6.09 Å². The molecule has 1 fully saturated rings. The summed E-state index contributed by atoms with van der Waals surface area (Å²) in [6.07, 6.45) is -0.241. The van der Waals surface area contributed by atoms with Crippen molar-refractivity contribution in [1.82, 2.24) is 4.90 Å². The average molecular weight is 308 g/mol. The van der Waals surface area contributed by atoms with Crippen LogP contribution in [0.5, 0.6) is 5.75 Å². The lowest BCUT2D eigenvalue weighted by atomic mass is 10.2. The maximum absolute atomic E-state index is 12.1. The molecule has 1 heterocycles. The van der Waals surface area contributed by atoms with Crippen molar-refractivity contribution in [2.24, 2.45) is 5.73 Å². The van der Waals surface area contributed by atoms with Crippen LogP contribution in [0.15, 0.2) is 24.3 Å². The van der Waals surface area contributed by atoms with Crippen LogP contribution in [0.3, 0.4) is 0 Å². The Morgan fingerprint density at radius 1 is 1.41 bits per heavy atom.